The summed E-state index contributed by atoms with van der Waals surface area (Å²) in [7, 11) is 6.72. The number of anilines is 1. The molecule has 2 aliphatic heterocycles. The summed E-state index contributed by atoms with van der Waals surface area (Å²) in [5.41, 5.74) is 2.77. The number of nitrogens with one attached hydrogen (secondary N) is 3. The highest BCUT2D eigenvalue weighted by atomic mass is 35.5. The molecule has 2 aromatic rings. The summed E-state index contributed by atoms with van der Waals surface area (Å²) in [6.45, 7) is 2.27. The Bertz CT molecular complexity index is 1140. The standard InChI is InChI=1S/C25H31ClN6O2/c1-31(2)22(33)18-13-20-21(14-19(18)23(34)32(3)4)30-25(8-10-27-11-9-25)24(29-20)28-15-16-6-5-7-17(26)12-16/h5-7,12-14,27,30H,8-11,15H2,1-4H3,(H,28,29). The average Bonchev–Trinajstić information content (AvgIpc) is 2.81. The van der Waals surface area contributed by atoms with Crippen molar-refractivity contribution in [2.45, 2.75) is 24.9 Å². The third-order valence-corrected chi connectivity index (χ3v) is 6.51. The Morgan fingerprint density at radius 1 is 1.03 bits per heavy atom. The molecule has 0 unspecified atom stereocenters. The number of carbonyl (C=O) groups is 2. The molecule has 2 amide bonds. The number of hydrogen-bond acceptors (Lipinski definition) is 6. The number of halogens is 1. The molecule has 0 saturated carbocycles. The first-order valence-electron chi connectivity index (χ1n) is 11.4. The van der Waals surface area contributed by atoms with E-state index in [-0.39, 0.29) is 17.4 Å². The first-order valence-corrected chi connectivity index (χ1v) is 11.8. The molecule has 0 radical (unpaired) electrons. The van der Waals surface area contributed by atoms with Crippen molar-refractivity contribution >= 4 is 40.6 Å². The zero-order valence-electron chi connectivity index (χ0n) is 20.0. The van der Waals surface area contributed by atoms with Crippen LogP contribution in [0.5, 0.6) is 0 Å². The number of nitrogens with zero attached hydrogens (tertiary/aromatic N) is 3. The lowest BCUT2D eigenvalue weighted by Crippen LogP contribution is -2.58. The van der Waals surface area contributed by atoms with Crippen LogP contribution in [0, 0.1) is 0 Å². The number of carbonyl (C=O) groups excluding carboxylic acids is 2. The number of aliphatic imine (C=N–C) groups is 1. The van der Waals surface area contributed by atoms with E-state index in [4.69, 9.17) is 16.6 Å². The fourth-order valence-corrected chi connectivity index (χ4v) is 4.63. The maximum Gasteiger partial charge on any atom is 0.254 e. The maximum atomic E-state index is 13.0. The van der Waals surface area contributed by atoms with Gasteiger partial charge >= 0.3 is 0 Å². The second kappa shape index (κ2) is 9.64. The third kappa shape index (κ3) is 4.74. The minimum Gasteiger partial charge on any atom is -0.371 e. The van der Waals surface area contributed by atoms with Crippen LogP contribution < -0.4 is 16.0 Å². The van der Waals surface area contributed by atoms with Crippen molar-refractivity contribution in [2.24, 2.45) is 4.99 Å². The second-order valence-corrected chi connectivity index (χ2v) is 9.65. The number of amidine groups is 1. The molecule has 180 valence electrons. The van der Waals surface area contributed by atoms with E-state index in [0.29, 0.717) is 28.4 Å². The molecule has 34 heavy (non-hydrogen) atoms. The third-order valence-electron chi connectivity index (χ3n) is 6.27. The molecule has 4 rings (SSSR count). The van der Waals surface area contributed by atoms with Crippen LogP contribution >= 0.6 is 11.6 Å². The molecular formula is C25H31ClN6O2. The Kier molecular flexibility index (Phi) is 6.81. The monoisotopic (exact) mass is 482 g/mol. The predicted molar refractivity (Wildman–Crippen MR) is 136 cm³/mol. The zero-order chi connectivity index (χ0) is 24.5. The largest absolute Gasteiger partial charge is 0.371 e. The van der Waals surface area contributed by atoms with Crippen molar-refractivity contribution in [1.82, 2.24) is 20.4 Å². The lowest BCUT2D eigenvalue weighted by atomic mass is 9.84. The van der Waals surface area contributed by atoms with Crippen molar-refractivity contribution in [3.8, 4) is 0 Å². The molecule has 8 nitrogen and oxygen atoms in total. The van der Waals surface area contributed by atoms with Gasteiger partial charge in [-0.3, -0.25) is 9.59 Å². The zero-order valence-corrected chi connectivity index (χ0v) is 20.8. The van der Waals surface area contributed by atoms with Gasteiger partial charge in [-0.1, -0.05) is 23.7 Å². The van der Waals surface area contributed by atoms with Crippen LogP contribution in [0.4, 0.5) is 11.4 Å². The van der Waals surface area contributed by atoms with Crippen LogP contribution in [0.25, 0.3) is 0 Å². The van der Waals surface area contributed by atoms with Gasteiger partial charge in [0.05, 0.1) is 28.0 Å². The first-order chi connectivity index (χ1) is 16.2. The lowest BCUT2D eigenvalue weighted by Gasteiger charge is -2.43. The van der Waals surface area contributed by atoms with Gasteiger partial charge in [0.2, 0.25) is 0 Å². The van der Waals surface area contributed by atoms with Crippen LogP contribution in [0.3, 0.4) is 0 Å². The fourth-order valence-electron chi connectivity index (χ4n) is 4.42. The highest BCUT2D eigenvalue weighted by Crippen LogP contribution is 2.39. The van der Waals surface area contributed by atoms with Crippen molar-refractivity contribution in [3.05, 3.63) is 58.1 Å². The second-order valence-electron chi connectivity index (χ2n) is 9.22. The lowest BCUT2D eigenvalue weighted by molar-refractivity contribution is 0.0790. The molecule has 0 bridgehead atoms. The minimum atomic E-state index is -0.387. The van der Waals surface area contributed by atoms with E-state index in [1.54, 1.807) is 40.3 Å². The summed E-state index contributed by atoms with van der Waals surface area (Å²) in [5, 5.41) is 11.3. The fraction of sp³-hybridized carbons (Fsp3) is 0.400. The van der Waals surface area contributed by atoms with E-state index in [1.165, 1.54) is 9.80 Å². The Morgan fingerprint density at radius 3 is 2.29 bits per heavy atom. The van der Waals surface area contributed by atoms with Gasteiger partial charge in [0.25, 0.3) is 11.8 Å². The molecule has 1 saturated heterocycles. The smallest absolute Gasteiger partial charge is 0.254 e. The van der Waals surface area contributed by atoms with E-state index in [9.17, 15) is 9.59 Å². The van der Waals surface area contributed by atoms with Crippen LogP contribution in [0.15, 0.2) is 41.4 Å². The highest BCUT2D eigenvalue weighted by Gasteiger charge is 2.41. The molecule has 9 heteroatoms. The molecule has 1 spiro atoms. The summed E-state index contributed by atoms with van der Waals surface area (Å²) in [5.74, 6) is 0.373. The topological polar surface area (TPSA) is 89.1 Å². The Balaban J connectivity index is 1.78. The molecule has 2 aliphatic rings. The van der Waals surface area contributed by atoms with Gasteiger partial charge in [0.1, 0.15) is 5.84 Å². The first kappa shape index (κ1) is 24.0. The van der Waals surface area contributed by atoms with Crippen molar-refractivity contribution in [3.63, 3.8) is 0 Å². The van der Waals surface area contributed by atoms with E-state index in [1.807, 2.05) is 24.3 Å². The van der Waals surface area contributed by atoms with E-state index >= 15 is 0 Å². The Morgan fingerprint density at radius 2 is 1.68 bits per heavy atom. The van der Waals surface area contributed by atoms with Gasteiger partial charge in [-0.15, -0.1) is 0 Å². The summed E-state index contributed by atoms with van der Waals surface area (Å²) < 4.78 is 0. The van der Waals surface area contributed by atoms with Crippen LogP contribution in [0.1, 0.15) is 39.1 Å². The van der Waals surface area contributed by atoms with Gasteiger partial charge in [0, 0.05) is 39.8 Å². The molecule has 2 aromatic carbocycles. The minimum absolute atomic E-state index is 0.219. The van der Waals surface area contributed by atoms with Gasteiger partial charge in [0.15, 0.2) is 0 Å². The van der Waals surface area contributed by atoms with Gasteiger partial charge in [-0.2, -0.15) is 0 Å². The van der Waals surface area contributed by atoms with Gasteiger partial charge in [-0.05, 0) is 55.8 Å². The predicted octanol–water partition coefficient (Wildman–Crippen LogP) is 3.11. The van der Waals surface area contributed by atoms with Crippen molar-refractivity contribution < 1.29 is 9.59 Å². The molecule has 1 fully saturated rings. The quantitative estimate of drug-likeness (QED) is 0.623. The van der Waals surface area contributed by atoms with Crippen LogP contribution in [-0.2, 0) is 6.54 Å². The number of fused-ring (bicyclic) bond motifs is 1. The molecule has 0 aliphatic carbocycles. The van der Waals surface area contributed by atoms with Crippen molar-refractivity contribution in [2.75, 3.05) is 46.6 Å². The van der Waals surface area contributed by atoms with Gasteiger partial charge in [-0.25, -0.2) is 4.99 Å². The highest BCUT2D eigenvalue weighted by molar-refractivity contribution is 6.30. The molecule has 2 heterocycles. The SMILES string of the molecule is CN(C)C(=O)c1cc2c(cc1C(=O)N(C)C)NC1(CCNCC1)C(NCc1cccc(Cl)c1)=N2. The number of hydrogen-bond donors (Lipinski definition) is 3. The van der Waals surface area contributed by atoms with Crippen LogP contribution in [-0.4, -0.2) is 74.3 Å². The van der Waals surface area contributed by atoms with Gasteiger partial charge < -0.3 is 25.8 Å². The molecule has 0 aromatic heterocycles. The molecule has 3 N–H and O–H groups in total. The Labute approximate surface area is 205 Å². The number of benzene rings is 2. The Hall–Kier alpha value is -3.10. The summed E-state index contributed by atoms with van der Waals surface area (Å²) in [4.78, 5) is 33.9. The number of piperidine rings is 1. The van der Waals surface area contributed by atoms with E-state index in [2.05, 4.69) is 16.0 Å². The normalized spacial score (nSPS) is 16.2. The summed E-state index contributed by atoms with van der Waals surface area (Å²) in [6, 6.07) is 11.2. The summed E-state index contributed by atoms with van der Waals surface area (Å²) >= 11 is 6.17. The number of amides is 2. The molecule has 0 atom stereocenters. The summed E-state index contributed by atoms with van der Waals surface area (Å²) in [6.07, 6.45) is 1.67. The molecular weight excluding hydrogens is 452 g/mol. The van der Waals surface area contributed by atoms with Crippen LogP contribution in [0.2, 0.25) is 5.02 Å². The van der Waals surface area contributed by atoms with E-state index < -0.39 is 0 Å². The maximum absolute atomic E-state index is 13.0. The van der Waals surface area contributed by atoms with E-state index in [0.717, 1.165) is 43.0 Å². The average molecular weight is 483 g/mol. The number of rotatable bonds is 4. The van der Waals surface area contributed by atoms with Crippen molar-refractivity contribution in [1.29, 1.82) is 0 Å².